The molecule has 1 saturated heterocycles. The minimum atomic E-state index is -3.58. The van der Waals surface area contributed by atoms with Crippen molar-refractivity contribution in [2.45, 2.75) is 19.3 Å². The van der Waals surface area contributed by atoms with Gasteiger partial charge in [-0.05, 0) is 49.4 Å². The van der Waals surface area contributed by atoms with Gasteiger partial charge in [-0.2, -0.15) is 12.7 Å². The fraction of sp³-hybridized carbons (Fsp3) is 0.412. The summed E-state index contributed by atoms with van der Waals surface area (Å²) in [4.78, 5) is 16.5. The molecule has 2 aromatic rings. The molecule has 0 radical (unpaired) electrons. The van der Waals surface area contributed by atoms with Crippen LogP contribution < -0.4 is 10.5 Å². The summed E-state index contributed by atoms with van der Waals surface area (Å²) < 4.78 is 23.9. The Hall–Kier alpha value is -2.03. The van der Waals surface area contributed by atoms with Gasteiger partial charge < -0.3 is 5.32 Å². The third-order valence-corrected chi connectivity index (χ3v) is 5.72. The quantitative estimate of drug-likeness (QED) is 0.835. The van der Waals surface area contributed by atoms with E-state index < -0.39 is 10.2 Å². The Morgan fingerprint density at radius 2 is 2.04 bits per heavy atom. The summed E-state index contributed by atoms with van der Waals surface area (Å²) >= 11 is 0. The molecular weight excluding hydrogens is 340 g/mol. The van der Waals surface area contributed by atoms with E-state index in [1.54, 1.807) is 12.3 Å². The molecular formula is C17H22N4O3S. The molecule has 0 atom stereocenters. The van der Waals surface area contributed by atoms with Gasteiger partial charge in [0.25, 0.3) is 16.1 Å². The molecule has 2 heterocycles. The number of carbonyl (C=O) groups is 1. The third kappa shape index (κ3) is 4.53. The van der Waals surface area contributed by atoms with Crippen LogP contribution in [-0.2, 0) is 10.2 Å². The lowest BCUT2D eigenvalue weighted by molar-refractivity contribution is 0.0950. The summed E-state index contributed by atoms with van der Waals surface area (Å²) in [7, 11) is -3.58. The van der Waals surface area contributed by atoms with E-state index in [0.29, 0.717) is 31.1 Å². The van der Waals surface area contributed by atoms with Crippen LogP contribution in [0.1, 0.15) is 29.6 Å². The first-order chi connectivity index (χ1) is 11.9. The fourth-order valence-corrected chi connectivity index (χ4v) is 3.88. The first-order valence-electron chi connectivity index (χ1n) is 8.34. The maximum Gasteiger partial charge on any atom is 0.276 e. The standard InChI is InChI=1S/C17H22N4O3S/c18-25(23,24)21-10-6-13(7-11-21)5-9-20-17(22)15-3-4-16-14(12-15)2-1-8-19-16/h1-4,8,12-13H,5-7,9-11H2,(H,20,22)(H2,18,23,24). The van der Waals surface area contributed by atoms with Gasteiger partial charge in [0.05, 0.1) is 5.52 Å². The summed E-state index contributed by atoms with van der Waals surface area (Å²) in [6, 6.07) is 9.22. The van der Waals surface area contributed by atoms with Crippen molar-refractivity contribution in [3.63, 3.8) is 0 Å². The number of fused-ring (bicyclic) bond motifs is 1. The van der Waals surface area contributed by atoms with Crippen molar-refractivity contribution in [2.24, 2.45) is 11.1 Å². The van der Waals surface area contributed by atoms with Crippen LogP contribution in [0.3, 0.4) is 0 Å². The van der Waals surface area contributed by atoms with Crippen LogP contribution in [-0.4, -0.2) is 43.2 Å². The van der Waals surface area contributed by atoms with Crippen LogP contribution in [0, 0.1) is 5.92 Å². The van der Waals surface area contributed by atoms with Crippen LogP contribution in [0.5, 0.6) is 0 Å². The highest BCUT2D eigenvalue weighted by Gasteiger charge is 2.25. The zero-order valence-electron chi connectivity index (χ0n) is 13.9. The molecule has 0 aliphatic carbocycles. The first kappa shape index (κ1) is 17.8. The number of nitrogens with zero attached hydrogens (tertiary/aromatic N) is 2. The second-order valence-electron chi connectivity index (χ2n) is 6.34. The van der Waals surface area contributed by atoms with Crippen molar-refractivity contribution < 1.29 is 13.2 Å². The molecule has 0 unspecified atom stereocenters. The molecule has 3 N–H and O–H groups in total. The van der Waals surface area contributed by atoms with Crippen LogP contribution in [0.2, 0.25) is 0 Å². The Bertz CT molecular complexity index is 861. The largest absolute Gasteiger partial charge is 0.352 e. The molecule has 134 valence electrons. The number of benzene rings is 1. The van der Waals surface area contributed by atoms with E-state index in [2.05, 4.69) is 10.3 Å². The number of aromatic nitrogens is 1. The van der Waals surface area contributed by atoms with Crippen molar-refractivity contribution >= 4 is 27.0 Å². The highest BCUT2D eigenvalue weighted by molar-refractivity contribution is 7.86. The van der Waals surface area contributed by atoms with Gasteiger partial charge in [-0.15, -0.1) is 0 Å². The molecule has 0 spiro atoms. The molecule has 0 bridgehead atoms. The highest BCUT2D eigenvalue weighted by Crippen LogP contribution is 2.21. The van der Waals surface area contributed by atoms with Gasteiger partial charge in [0.2, 0.25) is 0 Å². The molecule has 0 saturated carbocycles. The number of carbonyl (C=O) groups excluding carboxylic acids is 1. The molecule has 3 rings (SSSR count). The van der Waals surface area contributed by atoms with Crippen molar-refractivity contribution in [1.29, 1.82) is 0 Å². The molecule has 7 nitrogen and oxygen atoms in total. The molecule has 8 heteroatoms. The maximum absolute atomic E-state index is 12.3. The summed E-state index contributed by atoms with van der Waals surface area (Å²) in [5.74, 6) is 0.298. The lowest BCUT2D eigenvalue weighted by atomic mass is 9.95. The van der Waals surface area contributed by atoms with E-state index >= 15 is 0 Å². The molecule has 1 aromatic carbocycles. The summed E-state index contributed by atoms with van der Waals surface area (Å²) in [5, 5.41) is 9.01. The van der Waals surface area contributed by atoms with Crippen molar-refractivity contribution in [2.75, 3.05) is 19.6 Å². The van der Waals surface area contributed by atoms with Crippen molar-refractivity contribution in [3.05, 3.63) is 42.1 Å². The highest BCUT2D eigenvalue weighted by atomic mass is 32.2. The number of nitrogens with two attached hydrogens (primary N) is 1. The number of amides is 1. The van der Waals surface area contributed by atoms with Gasteiger partial charge in [0.1, 0.15) is 0 Å². The van der Waals surface area contributed by atoms with E-state index in [0.717, 1.165) is 30.2 Å². The number of pyridine rings is 1. The Morgan fingerprint density at radius 3 is 2.76 bits per heavy atom. The second-order valence-corrected chi connectivity index (χ2v) is 7.89. The van der Waals surface area contributed by atoms with Crippen LogP contribution in [0.25, 0.3) is 10.9 Å². The predicted octanol–water partition coefficient (Wildman–Crippen LogP) is 1.27. The smallest absolute Gasteiger partial charge is 0.276 e. The fourth-order valence-electron chi connectivity index (χ4n) is 3.16. The topological polar surface area (TPSA) is 105 Å². The van der Waals surface area contributed by atoms with E-state index in [4.69, 9.17) is 5.14 Å². The third-order valence-electron chi connectivity index (χ3n) is 4.64. The lowest BCUT2D eigenvalue weighted by Crippen LogP contribution is -2.42. The van der Waals surface area contributed by atoms with E-state index in [-0.39, 0.29) is 5.91 Å². The van der Waals surface area contributed by atoms with Crippen LogP contribution in [0.4, 0.5) is 0 Å². The first-order valence-corrected chi connectivity index (χ1v) is 9.84. The van der Waals surface area contributed by atoms with Gasteiger partial charge in [0, 0.05) is 36.8 Å². The normalized spacial score (nSPS) is 16.8. The number of rotatable bonds is 5. The van der Waals surface area contributed by atoms with Gasteiger partial charge in [-0.3, -0.25) is 9.78 Å². The van der Waals surface area contributed by atoms with Crippen LogP contribution >= 0.6 is 0 Å². The monoisotopic (exact) mass is 362 g/mol. The minimum absolute atomic E-state index is 0.104. The average Bonchev–Trinajstić information content (AvgIpc) is 2.61. The molecule has 25 heavy (non-hydrogen) atoms. The number of nitrogens with one attached hydrogen (secondary N) is 1. The zero-order valence-corrected chi connectivity index (χ0v) is 14.7. The van der Waals surface area contributed by atoms with E-state index in [1.807, 2.05) is 24.3 Å². The van der Waals surface area contributed by atoms with Gasteiger partial charge in [0.15, 0.2) is 0 Å². The molecule has 1 aliphatic rings. The van der Waals surface area contributed by atoms with Gasteiger partial charge in [-0.25, -0.2) is 5.14 Å². The summed E-state index contributed by atoms with van der Waals surface area (Å²) in [6.45, 7) is 1.48. The molecule has 1 aromatic heterocycles. The van der Waals surface area contributed by atoms with Gasteiger partial charge in [-0.1, -0.05) is 6.07 Å². The molecule has 1 aliphatic heterocycles. The Balaban J connectivity index is 1.48. The van der Waals surface area contributed by atoms with Crippen molar-refractivity contribution in [1.82, 2.24) is 14.6 Å². The molecule has 1 fully saturated rings. The second kappa shape index (κ2) is 7.47. The number of hydrogen-bond acceptors (Lipinski definition) is 4. The van der Waals surface area contributed by atoms with E-state index in [9.17, 15) is 13.2 Å². The Morgan fingerprint density at radius 1 is 1.28 bits per heavy atom. The number of hydrogen-bond donors (Lipinski definition) is 2. The molecule has 1 amide bonds. The minimum Gasteiger partial charge on any atom is -0.352 e. The predicted molar refractivity (Wildman–Crippen MR) is 96.1 cm³/mol. The SMILES string of the molecule is NS(=O)(=O)N1CCC(CCNC(=O)c2ccc3ncccc3c2)CC1. The lowest BCUT2D eigenvalue weighted by Gasteiger charge is -2.29. The van der Waals surface area contributed by atoms with Gasteiger partial charge >= 0.3 is 0 Å². The Kier molecular flexibility index (Phi) is 5.31. The summed E-state index contributed by atoms with van der Waals surface area (Å²) in [6.07, 6.45) is 4.10. The maximum atomic E-state index is 12.3. The Labute approximate surface area is 147 Å². The van der Waals surface area contributed by atoms with Crippen LogP contribution in [0.15, 0.2) is 36.5 Å². The van der Waals surface area contributed by atoms with Crippen molar-refractivity contribution in [3.8, 4) is 0 Å². The van der Waals surface area contributed by atoms with E-state index in [1.165, 1.54) is 4.31 Å². The number of piperidine rings is 1. The zero-order chi connectivity index (χ0) is 17.9. The average molecular weight is 362 g/mol. The summed E-state index contributed by atoms with van der Waals surface area (Å²) in [5.41, 5.74) is 1.48.